The lowest BCUT2D eigenvalue weighted by molar-refractivity contribution is -0.0602. The van der Waals surface area contributed by atoms with E-state index in [1.807, 2.05) is 0 Å². The lowest BCUT2D eigenvalue weighted by Crippen LogP contribution is -2.31. The van der Waals surface area contributed by atoms with Crippen LogP contribution in [0.2, 0.25) is 0 Å². The maximum atomic E-state index is 11.6. The molecule has 19 heteroatoms. The number of phosphoric ester groups is 1. The van der Waals surface area contributed by atoms with Gasteiger partial charge in [-0.1, -0.05) is 5.11 Å². The van der Waals surface area contributed by atoms with Crippen molar-refractivity contribution in [3.05, 3.63) is 10.4 Å². The van der Waals surface area contributed by atoms with Gasteiger partial charge in [0.1, 0.15) is 20.2 Å². The fraction of sp³-hybridized carbons (Fsp3) is 1.00. The van der Waals surface area contributed by atoms with E-state index in [1.165, 1.54) is 6.92 Å². The molecule has 0 aromatic heterocycles. The van der Waals surface area contributed by atoms with Gasteiger partial charge in [0.15, 0.2) is 0 Å². The molecule has 1 aliphatic rings. The van der Waals surface area contributed by atoms with Crippen LogP contribution in [-0.4, -0.2) is 58.5 Å². The molecule has 0 aromatic rings. The molecule has 1 rings (SSSR count). The number of rotatable bonds is 10. The van der Waals surface area contributed by atoms with Crippen LogP contribution in [0.3, 0.4) is 0 Å². The van der Waals surface area contributed by atoms with Crippen LogP contribution in [0, 0.1) is 0 Å². The van der Waals surface area contributed by atoms with E-state index in [2.05, 4.69) is 23.2 Å². The summed E-state index contributed by atoms with van der Waals surface area (Å²) in [6.07, 6.45) is -2.63. The van der Waals surface area contributed by atoms with Gasteiger partial charge in [-0.15, -0.1) is 0 Å². The average Bonchev–Trinajstić information content (AvgIpc) is 2.72. The molecule has 0 aliphatic carbocycles. The number of hydrogen-bond donors (Lipinski definition) is 4. The highest BCUT2D eigenvalue weighted by molar-refractivity contribution is 7.66. The molecule has 4 unspecified atom stereocenters. The molecular weight excluding hydrogens is 422 g/mol. The van der Waals surface area contributed by atoms with Crippen molar-refractivity contribution < 1.29 is 55.9 Å². The molecule has 15 nitrogen and oxygen atoms in total. The van der Waals surface area contributed by atoms with Crippen LogP contribution < -0.4 is 0 Å². The van der Waals surface area contributed by atoms with Crippen LogP contribution in [0.5, 0.6) is 0 Å². The monoisotopic (exact) mass is 437 g/mol. The minimum Gasteiger partial charge on any atom is -0.380 e. The Morgan fingerprint density at radius 1 is 1.27 bits per heavy atom. The molecule has 2 radical (unpaired) electrons. The Bertz CT molecular complexity index is 681. The Morgan fingerprint density at radius 2 is 1.88 bits per heavy atom. The zero-order chi connectivity index (χ0) is 20.2. The third-order valence-electron chi connectivity index (χ3n) is 2.63. The van der Waals surface area contributed by atoms with Crippen molar-refractivity contribution in [1.29, 1.82) is 0 Å². The van der Waals surface area contributed by atoms with Crippen LogP contribution in [0.25, 0.3) is 10.4 Å². The van der Waals surface area contributed by atoms with Crippen molar-refractivity contribution in [1.82, 2.24) is 0 Å². The van der Waals surface area contributed by atoms with Gasteiger partial charge in [0.25, 0.3) is 0 Å². The van der Waals surface area contributed by atoms with Crippen molar-refractivity contribution >= 4 is 31.3 Å². The largest absolute Gasteiger partial charge is 0.490 e. The van der Waals surface area contributed by atoms with Crippen LogP contribution in [0.1, 0.15) is 13.3 Å². The fourth-order valence-electron chi connectivity index (χ4n) is 1.86. The molecule has 4 N–H and O–H groups in total. The van der Waals surface area contributed by atoms with Crippen molar-refractivity contribution in [3.63, 3.8) is 0 Å². The highest BCUT2D eigenvalue weighted by Gasteiger charge is 2.42. The molecule has 0 saturated carbocycles. The average molecular weight is 437 g/mol. The lowest BCUT2D eigenvalue weighted by Gasteiger charge is -2.22. The summed E-state index contributed by atoms with van der Waals surface area (Å²) in [5.74, 6) is 0. The first-order valence-corrected chi connectivity index (χ1v) is 11.1. The lowest BCUT2D eigenvalue weighted by atomic mass is 9.96. The SMILES string of the molecule is [B][C@H]1CC(OC(C)N=[N+]=[N-])[C@@H](COP(=O)(O)OP(=O)(O)OP(=O)(O)O)O1. The van der Waals surface area contributed by atoms with Crippen LogP contribution >= 0.6 is 23.5 Å². The number of nitrogens with zero attached hydrogens (tertiary/aromatic N) is 3. The Labute approximate surface area is 148 Å². The summed E-state index contributed by atoms with van der Waals surface area (Å²) in [4.78, 5) is 37.8. The van der Waals surface area contributed by atoms with Gasteiger partial charge in [-0.2, -0.15) is 8.62 Å². The predicted octanol–water partition coefficient (Wildman–Crippen LogP) is 0.655. The zero-order valence-corrected chi connectivity index (χ0v) is 15.7. The molecule has 6 atom stereocenters. The summed E-state index contributed by atoms with van der Waals surface area (Å²) >= 11 is 0. The first-order chi connectivity index (χ1) is 11.7. The van der Waals surface area contributed by atoms with Gasteiger partial charge in [-0.25, -0.2) is 13.7 Å². The number of azide groups is 1. The van der Waals surface area contributed by atoms with Crippen molar-refractivity contribution in [3.8, 4) is 0 Å². The third-order valence-corrected chi connectivity index (χ3v) is 6.44. The topological polar surface area (TPSA) is 227 Å². The van der Waals surface area contributed by atoms with E-state index in [0.717, 1.165) is 0 Å². The summed E-state index contributed by atoms with van der Waals surface area (Å²) in [6, 6.07) is -0.826. The standard InChI is InChI=1S/C7H15BN3O12P3/c1-4(10-11-9)20-5-2-7(8)21-6(5)3-19-25(15,16)23-26(17,18)22-24(12,13)14/h4-7H,2-3H2,1H3,(H,15,16)(H,17,18)(H2,12,13,14)/t4?,5?,6-,7-/m1/s1. The maximum absolute atomic E-state index is 11.6. The summed E-state index contributed by atoms with van der Waals surface area (Å²) in [6.45, 7) is 0.702. The van der Waals surface area contributed by atoms with Gasteiger partial charge >= 0.3 is 23.5 Å². The molecule has 0 aromatic carbocycles. The molecule has 1 fully saturated rings. The molecule has 0 amide bonds. The van der Waals surface area contributed by atoms with E-state index in [4.69, 9.17) is 37.5 Å². The van der Waals surface area contributed by atoms with E-state index in [9.17, 15) is 18.6 Å². The quantitative estimate of drug-likeness (QED) is 0.121. The van der Waals surface area contributed by atoms with Crippen molar-refractivity contribution in [2.75, 3.05) is 6.61 Å². The Balaban J connectivity index is 2.66. The zero-order valence-electron chi connectivity index (χ0n) is 13.0. The Kier molecular flexibility index (Phi) is 8.46. The van der Waals surface area contributed by atoms with Crippen LogP contribution in [0.15, 0.2) is 5.11 Å². The summed E-state index contributed by atoms with van der Waals surface area (Å²) in [5.41, 5.74) is 8.32. The maximum Gasteiger partial charge on any atom is 0.490 e. The molecule has 148 valence electrons. The molecule has 1 saturated heterocycles. The van der Waals surface area contributed by atoms with Crippen molar-refractivity contribution in [2.24, 2.45) is 5.11 Å². The van der Waals surface area contributed by atoms with Gasteiger partial charge in [-0.3, -0.25) is 4.52 Å². The van der Waals surface area contributed by atoms with Gasteiger partial charge in [0.05, 0.1) is 12.7 Å². The molecule has 26 heavy (non-hydrogen) atoms. The van der Waals surface area contributed by atoms with Gasteiger partial charge in [0, 0.05) is 10.9 Å². The predicted molar refractivity (Wildman–Crippen MR) is 82.3 cm³/mol. The first kappa shape index (κ1) is 23.7. The van der Waals surface area contributed by atoms with Crippen molar-refractivity contribution in [2.45, 2.75) is 37.8 Å². The highest BCUT2D eigenvalue weighted by atomic mass is 31.3. The molecule has 1 aliphatic heterocycles. The van der Waals surface area contributed by atoms with E-state index in [-0.39, 0.29) is 6.42 Å². The Morgan fingerprint density at radius 3 is 2.42 bits per heavy atom. The molecule has 1 heterocycles. The Hall–Kier alpha value is -0.295. The fourth-order valence-corrected chi connectivity index (χ4v) is 4.89. The minimum atomic E-state index is -5.61. The van der Waals surface area contributed by atoms with Crippen LogP contribution in [-0.2, 0) is 36.3 Å². The number of phosphoric acid groups is 3. The second kappa shape index (κ2) is 9.27. The van der Waals surface area contributed by atoms with Gasteiger partial charge in [0.2, 0.25) is 0 Å². The van der Waals surface area contributed by atoms with E-state index < -0.39 is 54.5 Å². The molecule has 0 spiro atoms. The molecule has 0 bridgehead atoms. The normalized spacial score (nSPS) is 29.3. The molecular formula is C7H15BN3O12P3. The number of hydrogen-bond acceptors (Lipinski definition) is 9. The highest BCUT2D eigenvalue weighted by Crippen LogP contribution is 2.66. The summed E-state index contributed by atoms with van der Waals surface area (Å²) in [7, 11) is -10.8. The first-order valence-electron chi connectivity index (χ1n) is 6.62. The second-order valence-corrected chi connectivity index (χ2v) is 9.23. The number of ether oxygens (including phenoxy) is 2. The van der Waals surface area contributed by atoms with Crippen LogP contribution in [0.4, 0.5) is 0 Å². The van der Waals surface area contributed by atoms with E-state index >= 15 is 0 Å². The summed E-state index contributed by atoms with van der Waals surface area (Å²) in [5, 5.41) is 3.27. The van der Waals surface area contributed by atoms with Gasteiger partial charge in [-0.05, 0) is 18.9 Å². The second-order valence-electron chi connectivity index (χ2n) is 4.81. The van der Waals surface area contributed by atoms with E-state index in [0.29, 0.717) is 0 Å². The van der Waals surface area contributed by atoms with E-state index in [1.54, 1.807) is 0 Å². The van der Waals surface area contributed by atoms with Gasteiger partial charge < -0.3 is 29.0 Å². The third kappa shape index (κ3) is 9.07. The summed E-state index contributed by atoms with van der Waals surface area (Å²) < 4.78 is 55.4. The smallest absolute Gasteiger partial charge is 0.380 e. The minimum absolute atomic E-state index is 0.121.